The molecule has 0 aromatic carbocycles. The first-order valence-electron chi connectivity index (χ1n) is 7.04. The summed E-state index contributed by atoms with van der Waals surface area (Å²) in [6, 6.07) is 0. The molecule has 8 N–H and O–H groups in total. The normalized spacial score (nSPS) is 51.1. The van der Waals surface area contributed by atoms with Crippen LogP contribution in [0.1, 0.15) is 0 Å². The van der Waals surface area contributed by atoms with Gasteiger partial charge in [0.1, 0.15) is 49.3 Å². The fourth-order valence-corrected chi connectivity index (χ4v) is 2.54. The minimum atomic E-state index is -2.37. The van der Waals surface area contributed by atoms with Crippen molar-refractivity contribution < 1.29 is 55.1 Å². The van der Waals surface area contributed by atoms with Crippen LogP contribution in [0.15, 0.2) is 0 Å². The Kier molecular flexibility index (Phi) is 5.92. The Morgan fingerprint density at radius 1 is 0.826 bits per heavy atom. The van der Waals surface area contributed by atoms with Crippen LogP contribution in [0, 0.1) is 0 Å². The van der Waals surface area contributed by atoms with E-state index in [1.807, 2.05) is 0 Å². The minimum absolute atomic E-state index is 0.652. The molecule has 9 atom stereocenters. The predicted octanol–water partition coefficient (Wildman–Crippen LogP) is -5.40. The van der Waals surface area contributed by atoms with Crippen LogP contribution in [-0.4, -0.2) is 115 Å². The standard InChI is InChI=1S/C12H22O11/c13-1-4-6(15)8(17)9(18)11(22-4)21-3-12(20)10(19)7(16)5(2-14)23-12/h4-11,13-20H,1-3H2/t4-,5+,6-,7+,8+,9-,10-,11+,12?/m0/s1. The lowest BCUT2D eigenvalue weighted by Gasteiger charge is -2.40. The maximum Gasteiger partial charge on any atom is 0.219 e. The summed E-state index contributed by atoms with van der Waals surface area (Å²) in [6.07, 6.45) is -12.2. The van der Waals surface area contributed by atoms with Gasteiger partial charge in [-0.05, 0) is 0 Å². The summed E-state index contributed by atoms with van der Waals surface area (Å²) in [4.78, 5) is 0. The zero-order valence-corrected chi connectivity index (χ0v) is 12.0. The Bertz CT molecular complexity index is 393. The van der Waals surface area contributed by atoms with Crippen molar-refractivity contribution in [3.05, 3.63) is 0 Å². The van der Waals surface area contributed by atoms with Gasteiger partial charge in [-0.1, -0.05) is 0 Å². The quantitative estimate of drug-likeness (QED) is 0.238. The molecule has 11 nitrogen and oxygen atoms in total. The van der Waals surface area contributed by atoms with Gasteiger partial charge in [-0.15, -0.1) is 0 Å². The van der Waals surface area contributed by atoms with Gasteiger partial charge in [0.25, 0.3) is 0 Å². The van der Waals surface area contributed by atoms with Crippen LogP contribution >= 0.6 is 0 Å². The SMILES string of the molecule is OC[C@@H]1O[C@@H](OCC2(O)O[C@H](CO)[C@@H](O)[C@@H]2O)[C@@H](O)[C@H](O)[C@H]1O. The molecule has 2 aliphatic heterocycles. The molecule has 136 valence electrons. The summed E-state index contributed by atoms with van der Waals surface area (Å²) in [6.45, 7) is -2.08. The molecule has 11 heteroatoms. The highest BCUT2D eigenvalue weighted by Crippen LogP contribution is 2.31. The molecule has 2 aliphatic rings. The van der Waals surface area contributed by atoms with E-state index in [2.05, 4.69) is 0 Å². The topological polar surface area (TPSA) is 190 Å². The highest BCUT2D eigenvalue weighted by atomic mass is 16.7. The molecule has 1 unspecified atom stereocenters. The van der Waals surface area contributed by atoms with Crippen molar-refractivity contribution in [2.24, 2.45) is 0 Å². The average molecular weight is 342 g/mol. The van der Waals surface area contributed by atoms with Gasteiger partial charge in [-0.2, -0.15) is 0 Å². The van der Waals surface area contributed by atoms with Gasteiger partial charge in [0.15, 0.2) is 6.29 Å². The highest BCUT2D eigenvalue weighted by molar-refractivity contribution is 4.96. The van der Waals surface area contributed by atoms with Crippen LogP contribution < -0.4 is 0 Å². The zero-order valence-electron chi connectivity index (χ0n) is 12.0. The number of aliphatic hydroxyl groups is 8. The van der Waals surface area contributed by atoms with Crippen molar-refractivity contribution >= 4 is 0 Å². The van der Waals surface area contributed by atoms with Crippen LogP contribution in [0.25, 0.3) is 0 Å². The molecule has 0 amide bonds. The lowest BCUT2D eigenvalue weighted by Crippen LogP contribution is -2.60. The third-order valence-electron chi connectivity index (χ3n) is 4.00. The molecule has 2 fully saturated rings. The van der Waals surface area contributed by atoms with E-state index >= 15 is 0 Å². The third-order valence-corrected chi connectivity index (χ3v) is 4.00. The fourth-order valence-electron chi connectivity index (χ4n) is 2.54. The third kappa shape index (κ3) is 3.50. The zero-order chi connectivity index (χ0) is 17.4. The number of hydrogen-bond donors (Lipinski definition) is 8. The van der Waals surface area contributed by atoms with Gasteiger partial charge in [0.2, 0.25) is 5.79 Å². The van der Waals surface area contributed by atoms with E-state index in [-0.39, 0.29) is 0 Å². The molecule has 2 heterocycles. The summed E-state index contributed by atoms with van der Waals surface area (Å²) in [5, 5.41) is 76.5. The summed E-state index contributed by atoms with van der Waals surface area (Å²) >= 11 is 0. The lowest BCUT2D eigenvalue weighted by atomic mass is 9.99. The smallest absolute Gasteiger partial charge is 0.219 e. The Hall–Kier alpha value is -0.440. The maximum absolute atomic E-state index is 10.1. The van der Waals surface area contributed by atoms with Gasteiger partial charge in [0, 0.05) is 0 Å². The highest BCUT2D eigenvalue weighted by Gasteiger charge is 2.54. The number of aliphatic hydroxyl groups excluding tert-OH is 7. The van der Waals surface area contributed by atoms with E-state index in [0.29, 0.717) is 0 Å². The van der Waals surface area contributed by atoms with Crippen LogP contribution in [0.3, 0.4) is 0 Å². The first kappa shape index (κ1) is 18.9. The Balaban J connectivity index is 1.99. The van der Waals surface area contributed by atoms with Gasteiger partial charge in [0.05, 0.1) is 13.2 Å². The van der Waals surface area contributed by atoms with Crippen molar-refractivity contribution in [1.29, 1.82) is 0 Å². The molecule has 23 heavy (non-hydrogen) atoms. The number of ether oxygens (including phenoxy) is 3. The van der Waals surface area contributed by atoms with E-state index in [1.54, 1.807) is 0 Å². The second-order valence-corrected chi connectivity index (χ2v) is 5.63. The van der Waals surface area contributed by atoms with Gasteiger partial charge in [-0.25, -0.2) is 0 Å². The van der Waals surface area contributed by atoms with E-state index in [0.717, 1.165) is 0 Å². The van der Waals surface area contributed by atoms with E-state index < -0.39 is 74.6 Å². The molecule has 0 radical (unpaired) electrons. The van der Waals surface area contributed by atoms with E-state index in [9.17, 15) is 30.6 Å². The molecule has 0 aromatic heterocycles. The first-order valence-corrected chi connectivity index (χ1v) is 7.04. The van der Waals surface area contributed by atoms with E-state index in [1.165, 1.54) is 0 Å². The Morgan fingerprint density at radius 3 is 1.96 bits per heavy atom. The molecule has 0 saturated carbocycles. The van der Waals surface area contributed by atoms with Crippen molar-refractivity contribution in [2.45, 2.75) is 54.8 Å². The molecule has 0 aliphatic carbocycles. The largest absolute Gasteiger partial charge is 0.394 e. The average Bonchev–Trinajstić information content (AvgIpc) is 2.76. The molecule has 0 aromatic rings. The Labute approximate surface area is 130 Å². The molecule has 0 bridgehead atoms. The molecule has 2 rings (SSSR count). The first-order chi connectivity index (χ1) is 10.7. The van der Waals surface area contributed by atoms with E-state index in [4.69, 9.17) is 24.4 Å². The predicted molar refractivity (Wildman–Crippen MR) is 68.6 cm³/mol. The summed E-state index contributed by atoms with van der Waals surface area (Å²) < 4.78 is 15.1. The number of hydrogen-bond acceptors (Lipinski definition) is 11. The minimum Gasteiger partial charge on any atom is -0.394 e. The Morgan fingerprint density at radius 2 is 1.43 bits per heavy atom. The molecular weight excluding hydrogens is 320 g/mol. The van der Waals surface area contributed by atoms with Crippen molar-refractivity contribution in [2.75, 3.05) is 19.8 Å². The summed E-state index contributed by atoms with van der Waals surface area (Å²) in [5.41, 5.74) is 0. The van der Waals surface area contributed by atoms with Crippen LogP contribution in [0.4, 0.5) is 0 Å². The fraction of sp³-hybridized carbons (Fsp3) is 1.00. The number of rotatable bonds is 5. The van der Waals surface area contributed by atoms with Crippen molar-refractivity contribution in [3.63, 3.8) is 0 Å². The van der Waals surface area contributed by atoms with Gasteiger partial charge < -0.3 is 55.1 Å². The molecule has 2 saturated heterocycles. The van der Waals surface area contributed by atoms with Crippen molar-refractivity contribution in [3.8, 4) is 0 Å². The van der Waals surface area contributed by atoms with Gasteiger partial charge in [-0.3, -0.25) is 0 Å². The lowest BCUT2D eigenvalue weighted by molar-refractivity contribution is -0.332. The monoisotopic (exact) mass is 342 g/mol. The van der Waals surface area contributed by atoms with Crippen LogP contribution in [0.2, 0.25) is 0 Å². The van der Waals surface area contributed by atoms with Crippen LogP contribution in [0.5, 0.6) is 0 Å². The second kappa shape index (κ2) is 7.21. The molecule has 0 spiro atoms. The van der Waals surface area contributed by atoms with Crippen LogP contribution in [-0.2, 0) is 14.2 Å². The summed E-state index contributed by atoms with van der Waals surface area (Å²) in [7, 11) is 0. The summed E-state index contributed by atoms with van der Waals surface area (Å²) in [5.74, 6) is -2.37. The van der Waals surface area contributed by atoms with Crippen molar-refractivity contribution in [1.82, 2.24) is 0 Å². The molecular formula is C12H22O11. The maximum atomic E-state index is 10.1. The van der Waals surface area contributed by atoms with Gasteiger partial charge >= 0.3 is 0 Å². The second-order valence-electron chi connectivity index (χ2n) is 5.63.